The lowest BCUT2D eigenvalue weighted by Gasteiger charge is -2.36. The molecule has 0 aromatic carbocycles. The van der Waals surface area contributed by atoms with E-state index < -0.39 is 0 Å². The standard InChI is InChI=1S/C17H38NO4/c1-5-9-18(6-2,7-3)10-11-20-14-15-22-17-16-21-13-12-19-8-4/h5-17H2,1-4H3/q+1. The van der Waals surface area contributed by atoms with Crippen LogP contribution in [0.3, 0.4) is 0 Å². The molecule has 134 valence electrons. The molecule has 0 radical (unpaired) electrons. The van der Waals surface area contributed by atoms with Crippen LogP contribution < -0.4 is 0 Å². The van der Waals surface area contributed by atoms with Crippen molar-refractivity contribution in [2.24, 2.45) is 0 Å². The van der Waals surface area contributed by atoms with Gasteiger partial charge in [0.15, 0.2) is 0 Å². The van der Waals surface area contributed by atoms with Gasteiger partial charge in [0.2, 0.25) is 0 Å². The normalized spacial score (nSPS) is 12.0. The third-order valence-electron chi connectivity index (χ3n) is 4.07. The van der Waals surface area contributed by atoms with Crippen LogP contribution in [0.15, 0.2) is 0 Å². The first-order valence-corrected chi connectivity index (χ1v) is 8.90. The number of quaternary nitrogens is 1. The van der Waals surface area contributed by atoms with Crippen LogP contribution in [-0.4, -0.2) is 83.5 Å². The Morgan fingerprint density at radius 2 is 1.00 bits per heavy atom. The summed E-state index contributed by atoms with van der Waals surface area (Å²) in [4.78, 5) is 0. The molecule has 0 amide bonds. The quantitative estimate of drug-likeness (QED) is 0.304. The Bertz CT molecular complexity index is 223. The molecule has 0 N–H and O–H groups in total. The van der Waals surface area contributed by atoms with Gasteiger partial charge in [0.25, 0.3) is 0 Å². The second-order valence-corrected chi connectivity index (χ2v) is 5.46. The Morgan fingerprint density at radius 1 is 0.545 bits per heavy atom. The molecule has 0 aromatic heterocycles. The highest BCUT2D eigenvalue weighted by atomic mass is 16.6. The van der Waals surface area contributed by atoms with Gasteiger partial charge in [-0.25, -0.2) is 0 Å². The molecule has 0 aliphatic carbocycles. The average Bonchev–Trinajstić information content (AvgIpc) is 2.55. The van der Waals surface area contributed by atoms with E-state index in [1.807, 2.05) is 6.92 Å². The summed E-state index contributed by atoms with van der Waals surface area (Å²) in [5.74, 6) is 0. The largest absolute Gasteiger partial charge is 0.379 e. The van der Waals surface area contributed by atoms with Gasteiger partial charge in [0.1, 0.15) is 6.54 Å². The van der Waals surface area contributed by atoms with E-state index in [0.29, 0.717) is 39.6 Å². The van der Waals surface area contributed by atoms with E-state index in [0.717, 1.165) is 24.2 Å². The molecule has 0 unspecified atom stereocenters. The van der Waals surface area contributed by atoms with Gasteiger partial charge in [-0.3, -0.25) is 0 Å². The topological polar surface area (TPSA) is 36.9 Å². The summed E-state index contributed by atoms with van der Waals surface area (Å²) in [6, 6.07) is 0. The monoisotopic (exact) mass is 320 g/mol. The lowest BCUT2D eigenvalue weighted by Crippen LogP contribution is -2.50. The number of hydrogen-bond donors (Lipinski definition) is 0. The molecule has 0 aromatic rings. The third-order valence-corrected chi connectivity index (χ3v) is 4.07. The summed E-state index contributed by atoms with van der Waals surface area (Å²) < 4.78 is 22.9. The summed E-state index contributed by atoms with van der Waals surface area (Å²) in [5, 5.41) is 0. The maximum absolute atomic E-state index is 5.70. The average molecular weight is 320 g/mol. The number of hydrogen-bond acceptors (Lipinski definition) is 4. The number of likely N-dealkylation sites (N-methyl/N-ethyl adjacent to an activating group) is 1. The van der Waals surface area contributed by atoms with Crippen LogP contribution in [0.1, 0.15) is 34.1 Å². The van der Waals surface area contributed by atoms with Crippen molar-refractivity contribution in [2.75, 3.05) is 79.0 Å². The molecular weight excluding hydrogens is 282 g/mol. The Labute approximate surface area is 137 Å². The zero-order valence-electron chi connectivity index (χ0n) is 15.3. The second kappa shape index (κ2) is 15.7. The van der Waals surface area contributed by atoms with E-state index >= 15 is 0 Å². The first kappa shape index (κ1) is 21.8. The predicted octanol–water partition coefficient (Wildman–Crippen LogP) is 2.34. The Kier molecular flexibility index (Phi) is 15.5. The Balaban J connectivity index is 3.38. The molecule has 0 heterocycles. The number of nitrogens with zero attached hydrogens (tertiary/aromatic N) is 1. The first-order valence-electron chi connectivity index (χ1n) is 8.90. The summed E-state index contributed by atoms with van der Waals surface area (Å²) in [5.41, 5.74) is 0. The molecule has 0 saturated heterocycles. The lowest BCUT2D eigenvalue weighted by molar-refractivity contribution is -0.925. The van der Waals surface area contributed by atoms with Gasteiger partial charge in [-0.15, -0.1) is 0 Å². The zero-order valence-corrected chi connectivity index (χ0v) is 15.3. The molecule has 0 atom stereocenters. The highest BCUT2D eigenvalue weighted by Gasteiger charge is 2.21. The maximum Gasteiger partial charge on any atom is 0.102 e. The van der Waals surface area contributed by atoms with Crippen LogP contribution >= 0.6 is 0 Å². The van der Waals surface area contributed by atoms with Crippen LogP contribution in [0, 0.1) is 0 Å². The van der Waals surface area contributed by atoms with Crippen molar-refractivity contribution in [1.29, 1.82) is 0 Å². The minimum atomic E-state index is 0.620. The summed E-state index contributed by atoms with van der Waals surface area (Å²) in [6.45, 7) is 18.9. The molecule has 5 heteroatoms. The van der Waals surface area contributed by atoms with Gasteiger partial charge in [0.05, 0.1) is 65.9 Å². The minimum absolute atomic E-state index is 0.620. The van der Waals surface area contributed by atoms with Gasteiger partial charge in [-0.2, -0.15) is 0 Å². The van der Waals surface area contributed by atoms with Crippen molar-refractivity contribution in [2.45, 2.75) is 34.1 Å². The fourth-order valence-corrected chi connectivity index (χ4v) is 2.50. The van der Waals surface area contributed by atoms with E-state index in [1.165, 1.54) is 26.1 Å². The predicted molar refractivity (Wildman–Crippen MR) is 90.3 cm³/mol. The highest BCUT2D eigenvalue weighted by molar-refractivity contribution is 4.41. The third kappa shape index (κ3) is 11.4. The lowest BCUT2D eigenvalue weighted by atomic mass is 10.3. The van der Waals surface area contributed by atoms with Crippen molar-refractivity contribution in [3.8, 4) is 0 Å². The molecule has 0 bridgehead atoms. The minimum Gasteiger partial charge on any atom is -0.379 e. The summed E-state index contributed by atoms with van der Waals surface area (Å²) in [6.07, 6.45) is 1.23. The smallest absolute Gasteiger partial charge is 0.102 e. The molecule has 0 spiro atoms. The van der Waals surface area contributed by atoms with Crippen LogP contribution in [0.4, 0.5) is 0 Å². The van der Waals surface area contributed by atoms with Gasteiger partial charge >= 0.3 is 0 Å². The zero-order chi connectivity index (χ0) is 16.5. The van der Waals surface area contributed by atoms with E-state index in [-0.39, 0.29) is 0 Å². The van der Waals surface area contributed by atoms with Crippen LogP contribution in [0.5, 0.6) is 0 Å². The van der Waals surface area contributed by atoms with Crippen LogP contribution in [-0.2, 0) is 18.9 Å². The second-order valence-electron chi connectivity index (χ2n) is 5.46. The van der Waals surface area contributed by atoms with Crippen molar-refractivity contribution in [1.82, 2.24) is 0 Å². The van der Waals surface area contributed by atoms with Crippen molar-refractivity contribution in [3.05, 3.63) is 0 Å². The van der Waals surface area contributed by atoms with Gasteiger partial charge in [-0.1, -0.05) is 6.92 Å². The van der Waals surface area contributed by atoms with E-state index in [4.69, 9.17) is 18.9 Å². The van der Waals surface area contributed by atoms with Crippen molar-refractivity contribution >= 4 is 0 Å². The molecular formula is C17H38NO4+. The molecule has 0 rings (SSSR count). The first-order chi connectivity index (χ1) is 10.7. The van der Waals surface area contributed by atoms with E-state index in [2.05, 4.69) is 20.8 Å². The van der Waals surface area contributed by atoms with Gasteiger partial charge in [-0.05, 0) is 27.2 Å². The highest BCUT2D eigenvalue weighted by Crippen LogP contribution is 2.07. The molecule has 0 aliphatic heterocycles. The van der Waals surface area contributed by atoms with Gasteiger partial charge in [0, 0.05) is 6.61 Å². The maximum atomic E-state index is 5.70. The molecule has 22 heavy (non-hydrogen) atoms. The van der Waals surface area contributed by atoms with Crippen LogP contribution in [0.2, 0.25) is 0 Å². The summed E-state index contributed by atoms with van der Waals surface area (Å²) >= 11 is 0. The fourth-order valence-electron chi connectivity index (χ4n) is 2.50. The van der Waals surface area contributed by atoms with Crippen LogP contribution in [0.25, 0.3) is 0 Å². The molecule has 5 nitrogen and oxygen atoms in total. The van der Waals surface area contributed by atoms with E-state index in [1.54, 1.807) is 0 Å². The molecule has 0 fully saturated rings. The number of ether oxygens (including phenoxy) is 4. The van der Waals surface area contributed by atoms with Crippen molar-refractivity contribution in [3.63, 3.8) is 0 Å². The fraction of sp³-hybridized carbons (Fsp3) is 1.00. The van der Waals surface area contributed by atoms with E-state index in [9.17, 15) is 0 Å². The van der Waals surface area contributed by atoms with Crippen molar-refractivity contribution < 1.29 is 23.4 Å². The SMILES string of the molecule is CCC[N+](CC)(CC)CCOCCOCCOCCOCC. The number of rotatable bonds is 17. The Hall–Kier alpha value is -0.200. The Morgan fingerprint density at radius 3 is 1.41 bits per heavy atom. The molecule has 0 saturated carbocycles. The molecule has 0 aliphatic rings. The van der Waals surface area contributed by atoms with Gasteiger partial charge < -0.3 is 23.4 Å². The summed E-state index contributed by atoms with van der Waals surface area (Å²) in [7, 11) is 0.